The van der Waals surface area contributed by atoms with Gasteiger partial charge in [-0.3, -0.25) is 14.7 Å². The Morgan fingerprint density at radius 3 is 2.83 bits per heavy atom. The van der Waals surface area contributed by atoms with Crippen LogP contribution >= 0.6 is 15.9 Å². The van der Waals surface area contributed by atoms with E-state index in [1.165, 1.54) is 6.33 Å². The van der Waals surface area contributed by atoms with E-state index < -0.39 is 0 Å². The number of carbonyl (C=O) groups excluding carboxylic acids is 1. The number of anilines is 2. The van der Waals surface area contributed by atoms with Crippen LogP contribution in [0.5, 0.6) is 0 Å². The van der Waals surface area contributed by atoms with Crippen molar-refractivity contribution in [3.05, 3.63) is 39.1 Å². The summed E-state index contributed by atoms with van der Waals surface area (Å²) in [6, 6.07) is 1.69. The highest BCUT2D eigenvalue weighted by Crippen LogP contribution is 2.33. The topological polar surface area (TPSA) is 135 Å². The molecule has 10 nitrogen and oxygen atoms in total. The van der Waals surface area contributed by atoms with E-state index in [1.54, 1.807) is 12.3 Å². The number of carbonyl (C=O) groups is 1. The number of hydrogen-bond acceptors (Lipinski definition) is 6. The Morgan fingerprint density at radius 2 is 2.00 bits per heavy atom. The first kappa shape index (κ1) is 17.9. The number of amides is 1. The maximum absolute atomic E-state index is 13.0. The molecule has 1 fully saturated rings. The third-order valence-corrected chi connectivity index (χ3v) is 5.88. The molecule has 0 aliphatic carbocycles. The molecule has 0 atom stereocenters. The number of piperidine rings is 1. The normalized spacial score (nSPS) is 14.6. The summed E-state index contributed by atoms with van der Waals surface area (Å²) in [5.74, 6) is 0.349. The number of halogens is 1. The van der Waals surface area contributed by atoms with Crippen LogP contribution in [0, 0.1) is 0 Å². The maximum Gasteiger partial charge on any atom is 0.273 e. The van der Waals surface area contributed by atoms with Gasteiger partial charge in [-0.25, -0.2) is 9.97 Å². The van der Waals surface area contributed by atoms with Crippen LogP contribution in [-0.2, 0) is 0 Å². The van der Waals surface area contributed by atoms with Crippen molar-refractivity contribution in [1.29, 1.82) is 0 Å². The molecule has 0 radical (unpaired) electrons. The molecule has 1 aliphatic rings. The van der Waals surface area contributed by atoms with Crippen LogP contribution in [0.3, 0.4) is 0 Å². The van der Waals surface area contributed by atoms with Gasteiger partial charge in [-0.05, 0) is 41.3 Å². The molecule has 29 heavy (non-hydrogen) atoms. The van der Waals surface area contributed by atoms with Gasteiger partial charge in [0.2, 0.25) is 0 Å². The number of nitrogens with one attached hydrogen (secondary N) is 4. The molecule has 4 aromatic heterocycles. The number of aromatic amines is 3. The van der Waals surface area contributed by atoms with Gasteiger partial charge in [0.15, 0.2) is 0 Å². The zero-order valence-corrected chi connectivity index (χ0v) is 16.8. The predicted molar refractivity (Wildman–Crippen MR) is 111 cm³/mol. The van der Waals surface area contributed by atoms with Crippen LogP contribution in [-0.4, -0.2) is 54.0 Å². The number of aromatic nitrogens is 6. The van der Waals surface area contributed by atoms with E-state index in [0.717, 1.165) is 37.7 Å². The van der Waals surface area contributed by atoms with Gasteiger partial charge in [0.1, 0.15) is 34.8 Å². The second kappa shape index (κ2) is 6.99. The van der Waals surface area contributed by atoms with Crippen molar-refractivity contribution >= 4 is 55.4 Å². The number of pyridine rings is 1. The highest BCUT2D eigenvalue weighted by Gasteiger charge is 2.25. The molecule has 5 heterocycles. The first-order chi connectivity index (χ1) is 14.1. The fourth-order valence-electron chi connectivity index (χ4n) is 3.61. The molecule has 1 amide bonds. The summed E-state index contributed by atoms with van der Waals surface area (Å²) >= 11 is 3.54. The Morgan fingerprint density at radius 1 is 1.17 bits per heavy atom. The van der Waals surface area contributed by atoms with Crippen molar-refractivity contribution in [3.8, 4) is 0 Å². The third-order valence-electron chi connectivity index (χ3n) is 5.09. The Balaban J connectivity index is 1.56. The van der Waals surface area contributed by atoms with Crippen LogP contribution < -0.4 is 10.9 Å². The largest absolute Gasteiger partial charge is 0.337 e. The van der Waals surface area contributed by atoms with E-state index >= 15 is 0 Å². The van der Waals surface area contributed by atoms with E-state index in [1.807, 2.05) is 4.90 Å². The van der Waals surface area contributed by atoms with E-state index in [-0.39, 0.29) is 11.5 Å². The predicted octanol–water partition coefficient (Wildman–Crippen LogP) is 2.65. The first-order valence-corrected chi connectivity index (χ1v) is 10.1. The summed E-state index contributed by atoms with van der Waals surface area (Å²) in [5, 5.41) is 11.1. The van der Waals surface area contributed by atoms with Crippen LogP contribution in [0.15, 0.2) is 27.9 Å². The van der Waals surface area contributed by atoms with Gasteiger partial charge in [-0.1, -0.05) is 0 Å². The lowest BCUT2D eigenvalue weighted by Crippen LogP contribution is -2.35. The van der Waals surface area contributed by atoms with Crippen molar-refractivity contribution in [3.63, 3.8) is 0 Å². The summed E-state index contributed by atoms with van der Waals surface area (Å²) in [6.07, 6.45) is 6.17. The van der Waals surface area contributed by atoms with Gasteiger partial charge in [-0.15, -0.1) is 0 Å². The molecule has 5 rings (SSSR count). The van der Waals surface area contributed by atoms with Gasteiger partial charge in [0, 0.05) is 18.5 Å². The minimum absolute atomic E-state index is 0.0711. The van der Waals surface area contributed by atoms with Crippen molar-refractivity contribution in [2.24, 2.45) is 0 Å². The molecular formula is C18H17BrN8O2. The third kappa shape index (κ3) is 3.07. The monoisotopic (exact) mass is 456 g/mol. The second-order valence-electron chi connectivity index (χ2n) is 6.95. The minimum atomic E-state index is -0.315. The van der Waals surface area contributed by atoms with Gasteiger partial charge in [0.25, 0.3) is 11.5 Å². The van der Waals surface area contributed by atoms with Crippen molar-refractivity contribution < 1.29 is 4.79 Å². The number of H-pyrrole nitrogens is 3. The first-order valence-electron chi connectivity index (χ1n) is 9.26. The number of fused-ring (bicyclic) bond motifs is 2. The standard InChI is InChI=1S/C18H17BrN8O2/c19-12-11-15(23-10-6-9-7-22-26-14(9)25-17(10)28)20-8-21-16(11)24-13(12)18(29)27-4-2-1-3-5-27/h6-8H,1-5H2,(H2,20,21,23,24)(H2,22,25,26,28). The number of likely N-dealkylation sites (tertiary alicyclic amines) is 1. The molecule has 0 unspecified atom stereocenters. The fraction of sp³-hybridized carbons (Fsp3) is 0.278. The quantitative estimate of drug-likeness (QED) is 0.374. The van der Waals surface area contributed by atoms with Crippen LogP contribution in [0.1, 0.15) is 29.8 Å². The van der Waals surface area contributed by atoms with Crippen molar-refractivity contribution in [2.75, 3.05) is 18.4 Å². The van der Waals surface area contributed by atoms with E-state index in [2.05, 4.69) is 51.4 Å². The van der Waals surface area contributed by atoms with Gasteiger partial charge in [-0.2, -0.15) is 5.10 Å². The number of hydrogen-bond donors (Lipinski definition) is 4. The number of nitrogens with zero attached hydrogens (tertiary/aromatic N) is 4. The Kier molecular flexibility index (Phi) is 4.31. The summed E-state index contributed by atoms with van der Waals surface area (Å²) in [7, 11) is 0. The van der Waals surface area contributed by atoms with Crippen LogP contribution in [0.25, 0.3) is 22.1 Å². The Hall–Kier alpha value is -3.21. The second-order valence-corrected chi connectivity index (χ2v) is 7.74. The Bertz CT molecular complexity index is 1280. The van der Waals surface area contributed by atoms with E-state index in [4.69, 9.17) is 0 Å². The molecule has 0 bridgehead atoms. The van der Waals surface area contributed by atoms with Crippen LogP contribution in [0.4, 0.5) is 11.5 Å². The van der Waals surface area contributed by atoms with Gasteiger partial charge in [0.05, 0.1) is 16.1 Å². The zero-order chi connectivity index (χ0) is 20.0. The number of rotatable bonds is 3. The summed E-state index contributed by atoms with van der Waals surface area (Å²) < 4.78 is 0.576. The van der Waals surface area contributed by atoms with E-state index in [0.29, 0.717) is 38.4 Å². The molecule has 4 N–H and O–H groups in total. The molecule has 1 saturated heterocycles. The zero-order valence-electron chi connectivity index (χ0n) is 15.3. The smallest absolute Gasteiger partial charge is 0.273 e. The average molecular weight is 457 g/mol. The van der Waals surface area contributed by atoms with Crippen LogP contribution in [0.2, 0.25) is 0 Å². The molecule has 0 aromatic carbocycles. The molecule has 11 heteroatoms. The SMILES string of the molecule is O=C(c1[nH]c2ncnc(Nc3cc4cn[nH]c4[nH]c3=O)c2c1Br)N1CCCCC1. The lowest BCUT2D eigenvalue weighted by molar-refractivity contribution is 0.0718. The fourth-order valence-corrected chi connectivity index (χ4v) is 4.26. The minimum Gasteiger partial charge on any atom is -0.337 e. The molecule has 0 saturated carbocycles. The maximum atomic E-state index is 13.0. The lowest BCUT2D eigenvalue weighted by Gasteiger charge is -2.26. The molecule has 0 spiro atoms. The lowest BCUT2D eigenvalue weighted by atomic mass is 10.1. The molecule has 148 valence electrons. The summed E-state index contributed by atoms with van der Waals surface area (Å²) in [4.78, 5) is 41.5. The molecule has 1 aliphatic heterocycles. The Labute approximate surface area is 172 Å². The summed E-state index contributed by atoms with van der Waals surface area (Å²) in [6.45, 7) is 1.50. The highest BCUT2D eigenvalue weighted by molar-refractivity contribution is 9.10. The van der Waals surface area contributed by atoms with Gasteiger partial charge < -0.3 is 20.2 Å². The molecule has 4 aromatic rings. The van der Waals surface area contributed by atoms with Gasteiger partial charge >= 0.3 is 0 Å². The van der Waals surface area contributed by atoms with Crippen molar-refractivity contribution in [2.45, 2.75) is 19.3 Å². The summed E-state index contributed by atoms with van der Waals surface area (Å²) in [5.41, 5.74) is 1.49. The van der Waals surface area contributed by atoms with E-state index in [9.17, 15) is 9.59 Å². The highest BCUT2D eigenvalue weighted by atomic mass is 79.9. The molecular weight excluding hydrogens is 440 g/mol. The average Bonchev–Trinajstić information content (AvgIpc) is 3.33. The van der Waals surface area contributed by atoms with Crippen molar-refractivity contribution in [1.82, 2.24) is 35.0 Å².